The number of hydrogen-bond donors (Lipinski definition) is 1. The molecule has 11 heteroatoms. The van der Waals surface area contributed by atoms with Crippen molar-refractivity contribution < 1.29 is 17.9 Å². The van der Waals surface area contributed by atoms with E-state index in [1.807, 2.05) is 24.3 Å². The summed E-state index contributed by atoms with van der Waals surface area (Å²) in [7, 11) is -2.11. The summed E-state index contributed by atoms with van der Waals surface area (Å²) in [5.74, 6) is 0.728. The molecule has 0 aliphatic carbocycles. The first kappa shape index (κ1) is 20.5. The van der Waals surface area contributed by atoms with Crippen LogP contribution in [0.3, 0.4) is 0 Å². The van der Waals surface area contributed by atoms with E-state index in [9.17, 15) is 13.2 Å². The van der Waals surface area contributed by atoms with Gasteiger partial charge in [-0.15, -0.1) is 0 Å². The van der Waals surface area contributed by atoms with Gasteiger partial charge in [-0.2, -0.15) is 13.1 Å². The van der Waals surface area contributed by atoms with Gasteiger partial charge in [0.1, 0.15) is 21.7 Å². The molecular weight excluding hydrogens is 426 g/mol. The molecule has 0 saturated carbocycles. The van der Waals surface area contributed by atoms with Gasteiger partial charge in [-0.3, -0.25) is 0 Å². The van der Waals surface area contributed by atoms with Crippen molar-refractivity contribution in [2.45, 2.75) is 11.4 Å². The van der Waals surface area contributed by atoms with E-state index in [2.05, 4.69) is 14.1 Å². The van der Waals surface area contributed by atoms with Crippen molar-refractivity contribution in [3.63, 3.8) is 0 Å². The molecule has 1 aliphatic heterocycles. The fourth-order valence-electron chi connectivity index (χ4n) is 3.33. The Balaban J connectivity index is 1.37. The van der Waals surface area contributed by atoms with Gasteiger partial charge in [-0.05, 0) is 29.8 Å². The summed E-state index contributed by atoms with van der Waals surface area (Å²) in [5, 5.41) is 2.87. The van der Waals surface area contributed by atoms with Crippen LogP contribution in [0, 0.1) is 0 Å². The minimum atomic E-state index is -3.71. The zero-order chi connectivity index (χ0) is 21.1. The number of hydrogen-bond acceptors (Lipinski definition) is 7. The molecule has 3 aromatic rings. The van der Waals surface area contributed by atoms with Crippen LogP contribution in [-0.4, -0.2) is 65.7 Å². The van der Waals surface area contributed by atoms with Gasteiger partial charge in [0.15, 0.2) is 0 Å². The Hall–Kier alpha value is -2.76. The van der Waals surface area contributed by atoms with Gasteiger partial charge in [0.2, 0.25) is 10.0 Å². The van der Waals surface area contributed by atoms with Gasteiger partial charge in [-0.25, -0.2) is 13.2 Å². The first-order chi connectivity index (χ1) is 14.5. The second-order valence-electron chi connectivity index (χ2n) is 6.79. The summed E-state index contributed by atoms with van der Waals surface area (Å²) in [6, 6.07) is 12.2. The molecule has 1 aliphatic rings. The summed E-state index contributed by atoms with van der Waals surface area (Å²) in [6.45, 7) is 1.45. The van der Waals surface area contributed by atoms with Gasteiger partial charge in [0, 0.05) is 32.7 Å². The third kappa shape index (κ3) is 4.09. The smallest absolute Gasteiger partial charge is 0.317 e. The number of methoxy groups -OCH3 is 1. The molecule has 30 heavy (non-hydrogen) atoms. The number of carbonyl (C=O) groups is 1. The fourth-order valence-corrected chi connectivity index (χ4v) is 5.51. The number of benzene rings is 2. The van der Waals surface area contributed by atoms with Crippen LogP contribution in [0.15, 0.2) is 47.4 Å². The van der Waals surface area contributed by atoms with Crippen molar-refractivity contribution in [3.8, 4) is 5.75 Å². The zero-order valence-corrected chi connectivity index (χ0v) is 17.9. The quantitative estimate of drug-likeness (QED) is 0.641. The predicted octanol–water partition coefficient (Wildman–Crippen LogP) is 1.92. The summed E-state index contributed by atoms with van der Waals surface area (Å²) < 4.78 is 41.0. The summed E-state index contributed by atoms with van der Waals surface area (Å²) in [4.78, 5) is 14.3. The number of rotatable bonds is 5. The largest absolute Gasteiger partial charge is 0.497 e. The number of fused-ring (bicyclic) bond motifs is 1. The molecule has 0 unspecified atom stereocenters. The van der Waals surface area contributed by atoms with E-state index in [-0.39, 0.29) is 24.0 Å². The van der Waals surface area contributed by atoms with Crippen molar-refractivity contribution in [3.05, 3.63) is 48.0 Å². The Morgan fingerprint density at radius 3 is 2.67 bits per heavy atom. The number of carbonyl (C=O) groups excluding carboxylic acids is 1. The molecule has 0 radical (unpaired) electrons. The van der Waals surface area contributed by atoms with E-state index >= 15 is 0 Å². The molecule has 4 rings (SSSR count). The average molecular weight is 448 g/mol. The highest BCUT2D eigenvalue weighted by molar-refractivity contribution is 7.89. The van der Waals surface area contributed by atoms with Gasteiger partial charge < -0.3 is 15.0 Å². The number of piperazine rings is 1. The van der Waals surface area contributed by atoms with E-state index in [4.69, 9.17) is 4.74 Å². The van der Waals surface area contributed by atoms with Crippen LogP contribution in [0.1, 0.15) is 5.56 Å². The number of aromatic nitrogens is 2. The van der Waals surface area contributed by atoms with Crippen molar-refractivity contribution in [1.82, 2.24) is 23.3 Å². The van der Waals surface area contributed by atoms with Crippen molar-refractivity contribution in [1.29, 1.82) is 0 Å². The second kappa shape index (κ2) is 8.54. The summed E-state index contributed by atoms with van der Waals surface area (Å²) >= 11 is 0.988. The van der Waals surface area contributed by atoms with Crippen molar-refractivity contribution >= 4 is 38.8 Å². The lowest BCUT2D eigenvalue weighted by molar-refractivity contribution is 0.172. The Morgan fingerprint density at radius 2 is 1.90 bits per heavy atom. The maximum Gasteiger partial charge on any atom is 0.317 e. The van der Waals surface area contributed by atoms with E-state index in [0.29, 0.717) is 30.7 Å². The molecule has 1 fully saturated rings. The van der Waals surface area contributed by atoms with Crippen molar-refractivity contribution in [2.24, 2.45) is 0 Å². The van der Waals surface area contributed by atoms with Crippen LogP contribution in [0.5, 0.6) is 5.75 Å². The SMILES string of the molecule is COc1cccc(CNC(=O)N2CCN(S(=O)(=O)c3cccc4nsnc34)CC2)c1. The predicted molar refractivity (Wildman–Crippen MR) is 113 cm³/mol. The molecule has 0 spiro atoms. The highest BCUT2D eigenvalue weighted by atomic mass is 32.2. The third-order valence-electron chi connectivity index (χ3n) is 4.97. The summed E-state index contributed by atoms with van der Waals surface area (Å²) in [5.41, 5.74) is 1.88. The minimum Gasteiger partial charge on any atom is -0.497 e. The highest BCUT2D eigenvalue weighted by Crippen LogP contribution is 2.25. The van der Waals surface area contributed by atoms with Crippen LogP contribution in [0.25, 0.3) is 11.0 Å². The average Bonchev–Trinajstić information content (AvgIpc) is 3.26. The van der Waals surface area contributed by atoms with Crippen molar-refractivity contribution in [2.75, 3.05) is 33.3 Å². The highest BCUT2D eigenvalue weighted by Gasteiger charge is 2.31. The Kier molecular flexibility index (Phi) is 5.84. The molecule has 1 N–H and O–H groups in total. The van der Waals surface area contributed by atoms with E-state index < -0.39 is 10.0 Å². The maximum absolute atomic E-state index is 13.1. The molecule has 9 nitrogen and oxygen atoms in total. The van der Waals surface area contributed by atoms with Crippen LogP contribution in [-0.2, 0) is 16.6 Å². The van der Waals surface area contributed by atoms with E-state index in [1.165, 1.54) is 4.31 Å². The first-order valence-electron chi connectivity index (χ1n) is 9.36. The molecule has 2 aromatic carbocycles. The number of sulfonamides is 1. The molecule has 2 amide bonds. The van der Waals surface area contributed by atoms with Gasteiger partial charge in [0.05, 0.1) is 18.8 Å². The Bertz CT molecular complexity index is 1160. The number of amides is 2. The lowest BCUT2D eigenvalue weighted by Crippen LogP contribution is -2.53. The van der Waals surface area contributed by atoms with E-state index in [1.54, 1.807) is 30.2 Å². The first-order valence-corrected chi connectivity index (χ1v) is 11.5. The number of urea groups is 1. The van der Waals surface area contributed by atoms with Gasteiger partial charge in [-0.1, -0.05) is 18.2 Å². The molecule has 2 heterocycles. The van der Waals surface area contributed by atoms with Crippen LogP contribution < -0.4 is 10.1 Å². The lowest BCUT2D eigenvalue weighted by Gasteiger charge is -2.34. The van der Waals surface area contributed by atoms with Gasteiger partial charge in [0.25, 0.3) is 0 Å². The third-order valence-corrected chi connectivity index (χ3v) is 7.44. The molecule has 0 atom stereocenters. The van der Waals surface area contributed by atoms with Crippen LogP contribution in [0.2, 0.25) is 0 Å². The minimum absolute atomic E-state index is 0.157. The van der Waals surface area contributed by atoms with E-state index in [0.717, 1.165) is 23.0 Å². The molecule has 158 valence electrons. The topological polar surface area (TPSA) is 105 Å². The monoisotopic (exact) mass is 447 g/mol. The molecule has 1 saturated heterocycles. The standard InChI is InChI=1S/C19H21N5O4S2/c1-28-15-5-2-4-14(12-15)13-20-19(25)23-8-10-24(11-9-23)30(26,27)17-7-3-6-16-18(17)22-29-21-16/h2-7,12H,8-11,13H2,1H3,(H,20,25). The molecule has 0 bridgehead atoms. The number of ether oxygens (including phenoxy) is 1. The summed E-state index contributed by atoms with van der Waals surface area (Å²) in [6.07, 6.45) is 0. The molecule has 1 aromatic heterocycles. The number of nitrogens with one attached hydrogen (secondary N) is 1. The van der Waals surface area contributed by atoms with Crippen LogP contribution in [0.4, 0.5) is 4.79 Å². The normalized spacial score (nSPS) is 15.3. The Labute approximate surface area is 178 Å². The lowest BCUT2D eigenvalue weighted by atomic mass is 10.2. The second-order valence-corrected chi connectivity index (χ2v) is 9.22. The maximum atomic E-state index is 13.1. The fraction of sp³-hybridized carbons (Fsp3) is 0.316. The van der Waals surface area contributed by atoms with Gasteiger partial charge >= 0.3 is 6.03 Å². The molecular formula is C19H21N5O4S2. The number of nitrogens with zero attached hydrogens (tertiary/aromatic N) is 4. The Morgan fingerprint density at radius 1 is 1.13 bits per heavy atom. The van der Waals surface area contributed by atoms with Crippen LogP contribution >= 0.6 is 11.7 Å². The zero-order valence-electron chi connectivity index (χ0n) is 16.3.